The van der Waals surface area contributed by atoms with Gasteiger partial charge in [0.1, 0.15) is 18.2 Å². The van der Waals surface area contributed by atoms with Crippen molar-refractivity contribution >= 4 is 27.6 Å². The number of nitrogens with zero attached hydrogens (tertiary/aromatic N) is 1. The van der Waals surface area contributed by atoms with Crippen LogP contribution >= 0.6 is 15.9 Å². The van der Waals surface area contributed by atoms with Crippen molar-refractivity contribution in [2.24, 2.45) is 0 Å². The van der Waals surface area contributed by atoms with Gasteiger partial charge in [0, 0.05) is 15.6 Å². The van der Waals surface area contributed by atoms with E-state index >= 15 is 0 Å². The molecule has 4 heteroatoms. The zero-order chi connectivity index (χ0) is 18.4. The summed E-state index contributed by atoms with van der Waals surface area (Å²) in [5.74, 6) is 0.216. The average Bonchev–Trinajstić information content (AvgIpc) is 2.67. The van der Waals surface area contributed by atoms with Crippen LogP contribution in [-0.2, 0) is 6.61 Å². The first kappa shape index (κ1) is 17.9. The summed E-state index contributed by atoms with van der Waals surface area (Å²) < 4.78 is 20.9. The lowest BCUT2D eigenvalue weighted by Crippen LogP contribution is -1.97. The van der Waals surface area contributed by atoms with Crippen LogP contribution in [0.2, 0.25) is 0 Å². The summed E-state index contributed by atoms with van der Waals surface area (Å²) in [5.41, 5.74) is 2.28. The van der Waals surface area contributed by atoms with Crippen LogP contribution in [-0.4, -0.2) is 0 Å². The molecule has 2 nitrogen and oxygen atoms in total. The topological polar surface area (TPSA) is 33.0 Å². The first-order valence-corrected chi connectivity index (χ1v) is 8.79. The van der Waals surface area contributed by atoms with Gasteiger partial charge < -0.3 is 4.74 Å². The summed E-state index contributed by atoms with van der Waals surface area (Å²) in [6.07, 6.45) is 1.65. The number of hydrogen-bond acceptors (Lipinski definition) is 2. The van der Waals surface area contributed by atoms with Crippen molar-refractivity contribution in [3.8, 4) is 11.8 Å². The Morgan fingerprint density at radius 2 is 1.69 bits per heavy atom. The van der Waals surface area contributed by atoms with Crippen molar-refractivity contribution in [2.75, 3.05) is 0 Å². The molecule has 0 heterocycles. The molecule has 0 fully saturated rings. The molecule has 3 aromatic carbocycles. The second-order valence-corrected chi connectivity index (χ2v) is 6.52. The second-order valence-electron chi connectivity index (χ2n) is 5.60. The summed E-state index contributed by atoms with van der Waals surface area (Å²) in [7, 11) is 0. The van der Waals surface area contributed by atoms with Gasteiger partial charge in [-0.25, -0.2) is 4.39 Å². The lowest BCUT2D eigenvalue weighted by atomic mass is 10.0. The first-order chi connectivity index (χ1) is 12.7. The summed E-state index contributed by atoms with van der Waals surface area (Å²) in [5, 5.41) is 9.46. The lowest BCUT2D eigenvalue weighted by molar-refractivity contribution is 0.305. The molecule has 0 N–H and O–H groups in total. The number of para-hydroxylation sites is 1. The van der Waals surface area contributed by atoms with E-state index in [4.69, 9.17) is 4.74 Å². The average molecular weight is 408 g/mol. The van der Waals surface area contributed by atoms with Crippen LogP contribution in [0.4, 0.5) is 4.39 Å². The minimum absolute atomic E-state index is 0.253. The molecular weight excluding hydrogens is 393 g/mol. The van der Waals surface area contributed by atoms with Crippen molar-refractivity contribution < 1.29 is 9.13 Å². The monoisotopic (exact) mass is 407 g/mol. The Hall–Kier alpha value is -2.90. The Balaban J connectivity index is 1.87. The molecule has 0 aliphatic carbocycles. The Bertz CT molecular complexity index is 974. The van der Waals surface area contributed by atoms with E-state index in [1.165, 1.54) is 6.07 Å². The number of rotatable bonds is 5. The Kier molecular flexibility index (Phi) is 5.83. The highest BCUT2D eigenvalue weighted by atomic mass is 79.9. The standard InChI is InChI=1S/C22H15BrFNO/c23-19-11-9-16(10-12-19)15-26-22-8-4-1-5-17(22)13-18(14-25)20-6-2-3-7-21(20)24/h1-13H,15H2. The fourth-order valence-electron chi connectivity index (χ4n) is 2.48. The normalized spacial score (nSPS) is 11.0. The van der Waals surface area contributed by atoms with Crippen LogP contribution in [0.5, 0.6) is 5.75 Å². The minimum Gasteiger partial charge on any atom is -0.488 e. The molecule has 0 atom stereocenters. The molecule has 0 radical (unpaired) electrons. The van der Waals surface area contributed by atoms with Crippen LogP contribution in [0, 0.1) is 17.1 Å². The molecular formula is C22H15BrFNO. The lowest BCUT2D eigenvalue weighted by Gasteiger charge is -2.10. The highest BCUT2D eigenvalue weighted by molar-refractivity contribution is 9.10. The third-order valence-electron chi connectivity index (χ3n) is 3.81. The van der Waals surface area contributed by atoms with Crippen molar-refractivity contribution in [3.63, 3.8) is 0 Å². The number of allylic oxidation sites excluding steroid dienone is 1. The molecule has 128 valence electrons. The Morgan fingerprint density at radius 1 is 1.00 bits per heavy atom. The number of benzene rings is 3. The van der Waals surface area contributed by atoms with Crippen molar-refractivity contribution in [1.82, 2.24) is 0 Å². The molecule has 0 aliphatic rings. The highest BCUT2D eigenvalue weighted by Gasteiger charge is 2.09. The molecule has 0 spiro atoms. The van der Waals surface area contributed by atoms with Gasteiger partial charge in [0.25, 0.3) is 0 Å². The zero-order valence-corrected chi connectivity index (χ0v) is 15.4. The molecule has 0 amide bonds. The van der Waals surface area contributed by atoms with E-state index in [-0.39, 0.29) is 11.1 Å². The summed E-state index contributed by atoms with van der Waals surface area (Å²) in [6, 6.07) is 23.6. The molecule has 0 aliphatic heterocycles. The third-order valence-corrected chi connectivity index (χ3v) is 4.34. The molecule has 0 unspecified atom stereocenters. The third kappa shape index (κ3) is 4.38. The Labute approximate surface area is 160 Å². The van der Waals surface area contributed by atoms with Gasteiger partial charge in [-0.1, -0.05) is 64.5 Å². The predicted octanol–water partition coefficient (Wildman–Crippen LogP) is 6.23. The predicted molar refractivity (Wildman–Crippen MR) is 105 cm³/mol. The van der Waals surface area contributed by atoms with Gasteiger partial charge in [-0.2, -0.15) is 5.26 Å². The molecule has 26 heavy (non-hydrogen) atoms. The van der Waals surface area contributed by atoms with E-state index in [9.17, 15) is 9.65 Å². The zero-order valence-electron chi connectivity index (χ0n) is 13.8. The maximum absolute atomic E-state index is 14.0. The molecule has 3 aromatic rings. The summed E-state index contributed by atoms with van der Waals surface area (Å²) >= 11 is 3.41. The second kappa shape index (κ2) is 8.46. The number of ether oxygens (including phenoxy) is 1. The van der Waals surface area contributed by atoms with E-state index in [2.05, 4.69) is 22.0 Å². The van der Waals surface area contributed by atoms with Gasteiger partial charge in [0.05, 0.1) is 11.6 Å². The van der Waals surface area contributed by atoms with E-state index in [0.717, 1.165) is 15.6 Å². The van der Waals surface area contributed by atoms with Crippen molar-refractivity contribution in [3.05, 3.63) is 99.8 Å². The van der Waals surface area contributed by atoms with Gasteiger partial charge in [0.2, 0.25) is 0 Å². The van der Waals surface area contributed by atoms with E-state index in [1.807, 2.05) is 48.5 Å². The SMILES string of the molecule is N#CC(=Cc1ccccc1OCc1ccc(Br)cc1)c1ccccc1F. The largest absolute Gasteiger partial charge is 0.488 e. The molecule has 0 saturated carbocycles. The molecule has 3 rings (SSSR count). The van der Waals surface area contributed by atoms with Gasteiger partial charge in [-0.3, -0.25) is 0 Å². The van der Waals surface area contributed by atoms with Gasteiger partial charge in [-0.15, -0.1) is 0 Å². The summed E-state index contributed by atoms with van der Waals surface area (Å²) in [4.78, 5) is 0. The van der Waals surface area contributed by atoms with Crippen LogP contribution in [0.1, 0.15) is 16.7 Å². The maximum Gasteiger partial charge on any atom is 0.131 e. The van der Waals surface area contributed by atoms with Crippen molar-refractivity contribution in [2.45, 2.75) is 6.61 Å². The van der Waals surface area contributed by atoms with Crippen LogP contribution in [0.3, 0.4) is 0 Å². The molecule has 0 bridgehead atoms. The fraction of sp³-hybridized carbons (Fsp3) is 0.0455. The molecule has 0 aromatic heterocycles. The summed E-state index contributed by atoms with van der Waals surface area (Å²) in [6.45, 7) is 0.402. The van der Waals surface area contributed by atoms with Crippen LogP contribution < -0.4 is 4.74 Å². The smallest absolute Gasteiger partial charge is 0.131 e. The first-order valence-electron chi connectivity index (χ1n) is 8.00. The minimum atomic E-state index is -0.423. The highest BCUT2D eigenvalue weighted by Crippen LogP contribution is 2.26. The van der Waals surface area contributed by atoms with Gasteiger partial charge in [-0.05, 0) is 35.9 Å². The van der Waals surface area contributed by atoms with Crippen LogP contribution in [0.15, 0.2) is 77.3 Å². The Morgan fingerprint density at radius 3 is 2.42 bits per heavy atom. The number of hydrogen-bond donors (Lipinski definition) is 0. The van der Waals surface area contributed by atoms with Gasteiger partial charge >= 0.3 is 0 Å². The number of nitriles is 1. The van der Waals surface area contributed by atoms with Crippen LogP contribution in [0.25, 0.3) is 11.6 Å². The van der Waals surface area contributed by atoms with E-state index in [0.29, 0.717) is 12.4 Å². The maximum atomic E-state index is 14.0. The van der Waals surface area contributed by atoms with Gasteiger partial charge in [0.15, 0.2) is 0 Å². The fourth-order valence-corrected chi connectivity index (χ4v) is 2.74. The quantitative estimate of drug-likeness (QED) is 0.370. The number of halogens is 2. The van der Waals surface area contributed by atoms with E-state index in [1.54, 1.807) is 24.3 Å². The van der Waals surface area contributed by atoms with E-state index < -0.39 is 5.82 Å². The molecule has 0 saturated heterocycles. The van der Waals surface area contributed by atoms with Crippen molar-refractivity contribution in [1.29, 1.82) is 5.26 Å².